The van der Waals surface area contributed by atoms with Crippen LogP contribution in [0, 0.1) is 5.92 Å². The Bertz CT molecular complexity index is 256. The molecule has 2 fully saturated rings. The molecule has 2 aliphatic heterocycles. The van der Waals surface area contributed by atoms with E-state index in [0.29, 0.717) is 6.42 Å². The van der Waals surface area contributed by atoms with Crippen molar-refractivity contribution in [1.29, 1.82) is 0 Å². The lowest BCUT2D eigenvalue weighted by atomic mass is 9.81. The van der Waals surface area contributed by atoms with E-state index >= 15 is 0 Å². The molecule has 0 amide bonds. The standard InChI is InChI=1S/C10H17NO3/c1-7(9(12)13)10(14)4-6-11-5-2-3-8(10)11/h7-8,14H,2-6H2,1H3,(H,12,13). The first kappa shape index (κ1) is 9.93. The van der Waals surface area contributed by atoms with Gasteiger partial charge < -0.3 is 10.2 Å². The fourth-order valence-corrected chi connectivity index (χ4v) is 2.87. The van der Waals surface area contributed by atoms with Crippen LogP contribution in [0.25, 0.3) is 0 Å². The van der Waals surface area contributed by atoms with E-state index in [0.717, 1.165) is 25.9 Å². The highest BCUT2D eigenvalue weighted by molar-refractivity contribution is 5.71. The molecule has 0 saturated carbocycles. The van der Waals surface area contributed by atoms with Crippen molar-refractivity contribution in [3.05, 3.63) is 0 Å². The number of nitrogens with zero attached hydrogens (tertiary/aromatic N) is 1. The molecule has 2 rings (SSSR count). The molecule has 0 bridgehead atoms. The maximum absolute atomic E-state index is 10.9. The van der Waals surface area contributed by atoms with Gasteiger partial charge >= 0.3 is 5.97 Å². The second kappa shape index (κ2) is 3.21. The maximum atomic E-state index is 10.9. The van der Waals surface area contributed by atoms with E-state index < -0.39 is 17.5 Å². The van der Waals surface area contributed by atoms with Crippen LogP contribution < -0.4 is 0 Å². The van der Waals surface area contributed by atoms with E-state index in [4.69, 9.17) is 5.11 Å². The van der Waals surface area contributed by atoms with E-state index in [9.17, 15) is 9.90 Å². The second-order valence-corrected chi connectivity index (χ2v) is 4.50. The van der Waals surface area contributed by atoms with Crippen LogP contribution in [-0.4, -0.2) is 45.8 Å². The summed E-state index contributed by atoms with van der Waals surface area (Å²) >= 11 is 0. The van der Waals surface area contributed by atoms with Crippen LogP contribution in [0.15, 0.2) is 0 Å². The Morgan fingerprint density at radius 3 is 2.93 bits per heavy atom. The van der Waals surface area contributed by atoms with Crippen LogP contribution in [0.3, 0.4) is 0 Å². The Morgan fingerprint density at radius 1 is 1.57 bits per heavy atom. The van der Waals surface area contributed by atoms with Gasteiger partial charge in [-0.05, 0) is 32.7 Å². The number of hydrogen-bond acceptors (Lipinski definition) is 3. The predicted molar refractivity (Wildman–Crippen MR) is 51.0 cm³/mol. The number of carbonyl (C=O) groups is 1. The summed E-state index contributed by atoms with van der Waals surface area (Å²) in [6.45, 7) is 3.47. The summed E-state index contributed by atoms with van der Waals surface area (Å²) in [5.74, 6) is -1.54. The minimum atomic E-state index is -0.998. The van der Waals surface area contributed by atoms with Gasteiger partial charge in [-0.15, -0.1) is 0 Å². The topological polar surface area (TPSA) is 60.8 Å². The van der Waals surface area contributed by atoms with Gasteiger partial charge in [0.25, 0.3) is 0 Å². The largest absolute Gasteiger partial charge is 0.481 e. The zero-order valence-electron chi connectivity index (χ0n) is 8.44. The lowest BCUT2D eigenvalue weighted by molar-refractivity contribution is -0.152. The molecule has 0 aromatic rings. The molecule has 0 spiro atoms. The van der Waals surface area contributed by atoms with Crippen LogP contribution >= 0.6 is 0 Å². The lowest BCUT2D eigenvalue weighted by Crippen LogP contribution is -2.49. The van der Waals surface area contributed by atoms with Crippen molar-refractivity contribution in [3.63, 3.8) is 0 Å². The molecular weight excluding hydrogens is 182 g/mol. The molecule has 3 unspecified atom stereocenters. The van der Waals surface area contributed by atoms with Crippen molar-refractivity contribution in [2.24, 2.45) is 5.92 Å². The molecule has 3 atom stereocenters. The molecule has 0 aromatic carbocycles. The number of rotatable bonds is 2. The van der Waals surface area contributed by atoms with Crippen molar-refractivity contribution in [2.75, 3.05) is 13.1 Å². The minimum Gasteiger partial charge on any atom is -0.481 e. The van der Waals surface area contributed by atoms with E-state index in [1.807, 2.05) is 0 Å². The molecular formula is C10H17NO3. The van der Waals surface area contributed by atoms with Gasteiger partial charge in [0.1, 0.15) is 0 Å². The van der Waals surface area contributed by atoms with Gasteiger partial charge in [0.15, 0.2) is 0 Å². The Hall–Kier alpha value is -0.610. The van der Waals surface area contributed by atoms with Gasteiger partial charge in [-0.2, -0.15) is 0 Å². The molecule has 0 aliphatic carbocycles. The van der Waals surface area contributed by atoms with Crippen molar-refractivity contribution >= 4 is 5.97 Å². The molecule has 4 nitrogen and oxygen atoms in total. The zero-order valence-corrected chi connectivity index (χ0v) is 8.44. The minimum absolute atomic E-state index is 0.0774. The third-order valence-corrected chi connectivity index (χ3v) is 3.86. The first-order chi connectivity index (χ1) is 6.55. The average Bonchev–Trinajstić information content (AvgIpc) is 2.69. The number of hydrogen-bond donors (Lipinski definition) is 2. The number of fused-ring (bicyclic) bond motifs is 1. The van der Waals surface area contributed by atoms with Gasteiger partial charge in [0.2, 0.25) is 0 Å². The maximum Gasteiger partial charge on any atom is 0.309 e. The second-order valence-electron chi connectivity index (χ2n) is 4.50. The first-order valence-corrected chi connectivity index (χ1v) is 5.25. The van der Waals surface area contributed by atoms with E-state index in [1.165, 1.54) is 0 Å². The van der Waals surface area contributed by atoms with Gasteiger partial charge in [-0.25, -0.2) is 0 Å². The summed E-state index contributed by atoms with van der Waals surface area (Å²) in [6, 6.07) is 0.0774. The summed E-state index contributed by atoms with van der Waals surface area (Å²) < 4.78 is 0. The summed E-state index contributed by atoms with van der Waals surface area (Å²) in [5, 5.41) is 19.3. The number of carboxylic acid groups (broad SMARTS) is 1. The van der Waals surface area contributed by atoms with Crippen LogP contribution in [0.2, 0.25) is 0 Å². The highest BCUT2D eigenvalue weighted by atomic mass is 16.4. The van der Waals surface area contributed by atoms with Gasteiger partial charge in [0, 0.05) is 12.6 Å². The van der Waals surface area contributed by atoms with Crippen molar-refractivity contribution in [3.8, 4) is 0 Å². The molecule has 80 valence electrons. The lowest BCUT2D eigenvalue weighted by Gasteiger charge is -2.33. The Kier molecular flexibility index (Phi) is 2.27. The molecule has 0 radical (unpaired) electrons. The molecule has 2 heterocycles. The van der Waals surface area contributed by atoms with E-state index in [2.05, 4.69) is 4.90 Å². The van der Waals surface area contributed by atoms with Crippen LogP contribution in [-0.2, 0) is 4.79 Å². The number of aliphatic carboxylic acids is 1. The van der Waals surface area contributed by atoms with Crippen molar-refractivity contribution in [1.82, 2.24) is 4.90 Å². The van der Waals surface area contributed by atoms with Gasteiger partial charge in [-0.3, -0.25) is 9.69 Å². The van der Waals surface area contributed by atoms with Crippen LogP contribution in [0.4, 0.5) is 0 Å². The highest BCUT2D eigenvalue weighted by Gasteiger charge is 2.53. The normalized spacial score (nSPS) is 39.7. The smallest absolute Gasteiger partial charge is 0.309 e. The molecule has 14 heavy (non-hydrogen) atoms. The number of carboxylic acids is 1. The SMILES string of the molecule is CC(C(=O)O)C1(O)CCN2CCCC21. The third kappa shape index (κ3) is 1.25. The van der Waals surface area contributed by atoms with Crippen molar-refractivity contribution < 1.29 is 15.0 Å². The summed E-state index contributed by atoms with van der Waals surface area (Å²) in [7, 11) is 0. The summed E-state index contributed by atoms with van der Waals surface area (Å²) in [6.07, 6.45) is 2.62. The summed E-state index contributed by atoms with van der Waals surface area (Å²) in [5.41, 5.74) is -0.998. The highest BCUT2D eigenvalue weighted by Crippen LogP contribution is 2.40. The predicted octanol–water partition coefficient (Wildman–Crippen LogP) is 0.306. The van der Waals surface area contributed by atoms with E-state index in [1.54, 1.807) is 6.92 Å². The molecule has 2 N–H and O–H groups in total. The molecule has 2 saturated heterocycles. The zero-order chi connectivity index (χ0) is 10.3. The molecule has 4 heteroatoms. The monoisotopic (exact) mass is 199 g/mol. The fraction of sp³-hybridized carbons (Fsp3) is 0.900. The average molecular weight is 199 g/mol. The Balaban J connectivity index is 2.19. The third-order valence-electron chi connectivity index (χ3n) is 3.86. The molecule has 0 aromatic heterocycles. The Labute approximate surface area is 83.5 Å². The summed E-state index contributed by atoms with van der Waals surface area (Å²) in [4.78, 5) is 13.1. The Morgan fingerprint density at radius 2 is 2.29 bits per heavy atom. The van der Waals surface area contributed by atoms with E-state index in [-0.39, 0.29) is 6.04 Å². The first-order valence-electron chi connectivity index (χ1n) is 5.25. The van der Waals surface area contributed by atoms with Crippen LogP contribution in [0.1, 0.15) is 26.2 Å². The van der Waals surface area contributed by atoms with Gasteiger partial charge in [0.05, 0.1) is 11.5 Å². The quantitative estimate of drug-likeness (QED) is 0.671. The van der Waals surface area contributed by atoms with Gasteiger partial charge in [-0.1, -0.05) is 0 Å². The van der Waals surface area contributed by atoms with Crippen LogP contribution in [0.5, 0.6) is 0 Å². The fourth-order valence-electron chi connectivity index (χ4n) is 2.87. The molecule has 2 aliphatic rings. The number of aliphatic hydroxyl groups is 1. The van der Waals surface area contributed by atoms with Crippen molar-refractivity contribution in [2.45, 2.75) is 37.8 Å².